The molecule has 6 nitrogen and oxygen atoms in total. The molecular weight excluding hydrogens is 388 g/mol. The van der Waals surface area contributed by atoms with Crippen LogP contribution in [0.2, 0.25) is 18.1 Å². The fraction of sp³-hybridized carbons (Fsp3) is 0.636. The lowest BCUT2D eigenvalue weighted by Crippen LogP contribution is -2.40. The molecule has 0 spiro atoms. The van der Waals surface area contributed by atoms with Gasteiger partial charge in [-0.15, -0.1) is 0 Å². The highest BCUT2D eigenvalue weighted by Gasteiger charge is 2.36. The highest BCUT2D eigenvalue weighted by Crippen LogP contribution is 2.36. The summed E-state index contributed by atoms with van der Waals surface area (Å²) in [6.45, 7) is 13.2. The Bertz CT molecular complexity index is 743. The molecule has 0 saturated heterocycles. The van der Waals surface area contributed by atoms with Crippen LogP contribution in [0.25, 0.3) is 6.08 Å². The van der Waals surface area contributed by atoms with E-state index in [1.165, 1.54) is 14.0 Å². The Hall–Kier alpha value is -1.86. The van der Waals surface area contributed by atoms with Crippen LogP contribution in [-0.4, -0.2) is 28.0 Å². The van der Waals surface area contributed by atoms with Gasteiger partial charge in [0.05, 0.1) is 7.11 Å². The van der Waals surface area contributed by atoms with Crippen LogP contribution in [-0.2, 0) is 20.6 Å². The number of hydrogen-bond donors (Lipinski definition) is 0. The third-order valence-corrected chi connectivity index (χ3v) is 9.77. The number of unbranched alkanes of at least 4 members (excludes halogenated alkanes) is 3. The molecule has 0 fully saturated rings. The second-order valence-corrected chi connectivity index (χ2v) is 13.4. The number of methoxy groups -OCH3 is 1. The molecule has 29 heavy (non-hydrogen) atoms. The second kappa shape index (κ2) is 11.4. The van der Waals surface area contributed by atoms with E-state index >= 15 is 0 Å². The van der Waals surface area contributed by atoms with Crippen LogP contribution in [0.3, 0.4) is 0 Å². The lowest BCUT2D eigenvalue weighted by molar-refractivity contribution is -0.142. The summed E-state index contributed by atoms with van der Waals surface area (Å²) in [5, 5.41) is 0.244. The van der Waals surface area contributed by atoms with Gasteiger partial charge in [0.25, 0.3) is 0 Å². The highest BCUT2D eigenvalue weighted by atomic mass is 28.4. The number of rotatable bonds is 11. The predicted octanol–water partition coefficient (Wildman–Crippen LogP) is 5.31. The molecule has 0 aromatic carbocycles. The van der Waals surface area contributed by atoms with Gasteiger partial charge in [0.2, 0.25) is 0 Å². The lowest BCUT2D eigenvalue weighted by Gasteiger charge is -2.36. The van der Waals surface area contributed by atoms with Gasteiger partial charge in [0, 0.05) is 19.6 Å². The first-order valence-electron chi connectivity index (χ1n) is 10.1. The summed E-state index contributed by atoms with van der Waals surface area (Å²) in [6.07, 6.45) is 7.83. The van der Waals surface area contributed by atoms with Crippen molar-refractivity contribution in [2.45, 2.75) is 78.1 Å². The summed E-state index contributed by atoms with van der Waals surface area (Å²) in [6, 6.07) is 1.63. The number of hydrogen-bond acceptors (Lipinski definition) is 6. The summed E-state index contributed by atoms with van der Waals surface area (Å²) < 4.78 is 21.5. The largest absolute Gasteiger partial charge is 0.496 e. The molecule has 1 aromatic heterocycles. The van der Waals surface area contributed by atoms with E-state index in [9.17, 15) is 9.59 Å². The monoisotopic (exact) mass is 424 g/mol. The Labute approximate surface area is 175 Å². The van der Waals surface area contributed by atoms with Gasteiger partial charge in [-0.1, -0.05) is 33.3 Å². The van der Waals surface area contributed by atoms with E-state index in [0.717, 1.165) is 32.3 Å². The van der Waals surface area contributed by atoms with Crippen LogP contribution in [0.5, 0.6) is 5.75 Å². The fourth-order valence-corrected chi connectivity index (χ4v) is 3.46. The number of carbonyl (C=O) groups excluding carboxylic acids is 1. The maximum Gasteiger partial charge on any atom is 0.346 e. The van der Waals surface area contributed by atoms with Crippen LogP contribution in [0, 0.1) is 0 Å². The Morgan fingerprint density at radius 3 is 2.48 bits per heavy atom. The van der Waals surface area contributed by atoms with Gasteiger partial charge in [-0.2, -0.15) is 0 Å². The Balaban J connectivity index is 2.46. The van der Waals surface area contributed by atoms with E-state index in [0.29, 0.717) is 11.5 Å². The normalized spacial score (nSPS) is 12.4. The first kappa shape index (κ1) is 25.2. The first-order valence-corrected chi connectivity index (χ1v) is 13.0. The van der Waals surface area contributed by atoms with Gasteiger partial charge in [0.1, 0.15) is 23.7 Å². The van der Waals surface area contributed by atoms with Gasteiger partial charge in [-0.05, 0) is 43.5 Å². The van der Waals surface area contributed by atoms with Crippen molar-refractivity contribution in [2.24, 2.45) is 0 Å². The zero-order chi connectivity index (χ0) is 22.1. The van der Waals surface area contributed by atoms with Crippen LogP contribution in [0.15, 0.2) is 21.4 Å². The van der Waals surface area contributed by atoms with Crippen molar-refractivity contribution in [1.82, 2.24) is 0 Å². The van der Waals surface area contributed by atoms with Crippen LogP contribution < -0.4 is 10.4 Å². The quantitative estimate of drug-likeness (QED) is 0.272. The topological polar surface area (TPSA) is 75.0 Å². The van der Waals surface area contributed by atoms with E-state index in [4.69, 9.17) is 18.3 Å². The molecule has 0 amide bonds. The minimum Gasteiger partial charge on any atom is -0.496 e. The third-order valence-electron chi connectivity index (χ3n) is 5.23. The molecular formula is C22H36O6Si. The van der Waals surface area contributed by atoms with E-state index in [1.807, 2.05) is 6.08 Å². The van der Waals surface area contributed by atoms with E-state index < -0.39 is 19.9 Å². The van der Waals surface area contributed by atoms with Crippen LogP contribution >= 0.6 is 0 Å². The second-order valence-electron chi connectivity index (χ2n) is 8.62. The summed E-state index contributed by atoms with van der Waals surface area (Å²) in [5.74, 6) is 0.301. The molecule has 0 radical (unpaired) electrons. The zero-order valence-corrected chi connectivity index (χ0v) is 19.9. The number of ether oxygens (including phenoxy) is 2. The number of carbonyl (C=O) groups is 1. The molecule has 1 rings (SSSR count). The molecule has 0 unspecified atom stereocenters. The molecule has 1 heterocycles. The number of esters is 1. The van der Waals surface area contributed by atoms with E-state index in [1.54, 1.807) is 12.1 Å². The Morgan fingerprint density at radius 2 is 1.90 bits per heavy atom. The molecule has 0 atom stereocenters. The van der Waals surface area contributed by atoms with Gasteiger partial charge < -0.3 is 18.3 Å². The van der Waals surface area contributed by atoms with Gasteiger partial charge >= 0.3 is 11.6 Å². The summed E-state index contributed by atoms with van der Waals surface area (Å²) >= 11 is 0. The predicted molar refractivity (Wildman–Crippen MR) is 118 cm³/mol. The number of allylic oxidation sites excluding steroid dienone is 1. The van der Waals surface area contributed by atoms with Crippen LogP contribution in [0.1, 0.15) is 64.7 Å². The van der Waals surface area contributed by atoms with Crippen molar-refractivity contribution >= 4 is 20.4 Å². The van der Waals surface area contributed by atoms with Gasteiger partial charge in [-0.3, -0.25) is 4.79 Å². The van der Waals surface area contributed by atoms with E-state index in [-0.39, 0.29) is 17.2 Å². The molecule has 0 aliphatic carbocycles. The Kier molecular flexibility index (Phi) is 9.86. The van der Waals surface area contributed by atoms with Gasteiger partial charge in [0.15, 0.2) is 8.32 Å². The zero-order valence-electron chi connectivity index (χ0n) is 18.9. The van der Waals surface area contributed by atoms with Crippen LogP contribution in [0.4, 0.5) is 0 Å². The van der Waals surface area contributed by atoms with Crippen molar-refractivity contribution < 1.29 is 23.1 Å². The smallest absolute Gasteiger partial charge is 0.346 e. The molecule has 0 aliphatic heterocycles. The molecule has 0 aliphatic rings. The standard InChI is InChI=1S/C22H36O6Si/c1-17(23)26-16-19-20(25-5)15-18(28-21(19)24)13-11-9-8-10-12-14-27-29(6,7)22(2,3)4/h11,13,15H,8-10,12,14,16H2,1-7H3/b13-11+. The minimum atomic E-state index is -1.65. The SMILES string of the molecule is COc1cc(/C=C/CCCCCO[Si](C)(C)C(C)(C)C)oc(=O)c1COC(C)=O. The summed E-state index contributed by atoms with van der Waals surface area (Å²) in [7, 11) is -0.188. The highest BCUT2D eigenvalue weighted by molar-refractivity contribution is 6.74. The maximum absolute atomic E-state index is 12.1. The average Bonchev–Trinajstić information content (AvgIpc) is 2.61. The lowest BCUT2D eigenvalue weighted by atomic mass is 10.2. The third kappa shape index (κ3) is 8.58. The maximum atomic E-state index is 12.1. The van der Waals surface area contributed by atoms with Crippen molar-refractivity contribution in [3.8, 4) is 5.75 Å². The van der Waals surface area contributed by atoms with Crippen molar-refractivity contribution in [2.75, 3.05) is 13.7 Å². The first-order chi connectivity index (χ1) is 13.5. The molecule has 0 saturated carbocycles. The minimum absolute atomic E-state index is 0.165. The van der Waals surface area contributed by atoms with Crippen molar-refractivity contribution in [1.29, 1.82) is 0 Å². The molecule has 0 N–H and O–H groups in total. The molecule has 164 valence electrons. The summed E-state index contributed by atoms with van der Waals surface area (Å²) in [5.41, 5.74) is -0.366. The summed E-state index contributed by atoms with van der Waals surface area (Å²) in [4.78, 5) is 23.1. The van der Waals surface area contributed by atoms with Crippen molar-refractivity contribution in [3.05, 3.63) is 33.9 Å². The average molecular weight is 425 g/mol. The van der Waals surface area contributed by atoms with Crippen molar-refractivity contribution in [3.63, 3.8) is 0 Å². The Morgan fingerprint density at radius 1 is 1.21 bits per heavy atom. The fourth-order valence-electron chi connectivity index (χ4n) is 2.37. The molecule has 0 bridgehead atoms. The van der Waals surface area contributed by atoms with E-state index in [2.05, 4.69) is 33.9 Å². The molecule has 7 heteroatoms. The van der Waals surface area contributed by atoms with Gasteiger partial charge in [-0.25, -0.2) is 4.79 Å². The molecule has 1 aromatic rings.